The Morgan fingerprint density at radius 1 is 1.24 bits per heavy atom. The Kier molecular flexibility index (Phi) is 5.29. The number of hydrogen-bond acceptors (Lipinski definition) is 7. The molecular weight excluding hydrogens is 338 g/mol. The molecule has 1 heterocycles. The minimum Gasteiger partial charge on any atom is -0.463 e. The number of halogens is 1. The molecule has 0 amide bonds. The van der Waals surface area contributed by atoms with Crippen LogP contribution in [-0.4, -0.2) is 21.6 Å². The maximum Gasteiger partial charge on any atom is 0.330 e. The average Bonchev–Trinajstić information content (AvgIpc) is 2.48. The zero-order valence-electron chi connectivity index (χ0n) is 11.8. The number of hydrogen-bond donors (Lipinski definition) is 2. The quantitative estimate of drug-likeness (QED) is 0.608. The van der Waals surface area contributed by atoms with Crippen molar-refractivity contribution in [3.63, 3.8) is 0 Å². The number of hydrazine groups is 1. The summed E-state index contributed by atoms with van der Waals surface area (Å²) in [7, 11) is 0. The van der Waals surface area contributed by atoms with Gasteiger partial charge in [-0.05, 0) is 31.0 Å². The number of nitrogens with zero attached hydrogens (tertiary/aromatic N) is 3. The molecule has 21 heavy (non-hydrogen) atoms. The van der Waals surface area contributed by atoms with E-state index in [1.54, 1.807) is 0 Å². The van der Waals surface area contributed by atoms with Gasteiger partial charge in [0, 0.05) is 4.47 Å². The van der Waals surface area contributed by atoms with Gasteiger partial charge in [-0.3, -0.25) is 5.43 Å². The van der Waals surface area contributed by atoms with E-state index in [2.05, 4.69) is 36.3 Å². The molecular formula is C13H16BrN5O2. The molecule has 0 aliphatic heterocycles. The Morgan fingerprint density at radius 3 is 2.71 bits per heavy atom. The van der Waals surface area contributed by atoms with E-state index in [4.69, 9.17) is 15.3 Å². The van der Waals surface area contributed by atoms with Crippen LogP contribution in [0.2, 0.25) is 0 Å². The normalized spacial score (nSPS) is 10.3. The molecule has 1 aromatic heterocycles. The number of nitrogens with one attached hydrogen (secondary N) is 1. The SMILES string of the molecule is CCCOc1nc(NN)nc(Oc2cc(Br)ccc2C)n1. The van der Waals surface area contributed by atoms with Crippen LogP contribution in [0.4, 0.5) is 5.95 Å². The van der Waals surface area contributed by atoms with Gasteiger partial charge in [-0.25, -0.2) is 5.84 Å². The van der Waals surface area contributed by atoms with E-state index in [1.807, 2.05) is 32.0 Å². The first-order valence-corrected chi connectivity index (χ1v) is 7.21. The van der Waals surface area contributed by atoms with Crippen LogP contribution in [0, 0.1) is 6.92 Å². The highest BCUT2D eigenvalue weighted by Crippen LogP contribution is 2.27. The van der Waals surface area contributed by atoms with E-state index >= 15 is 0 Å². The van der Waals surface area contributed by atoms with Gasteiger partial charge in [0.1, 0.15) is 5.75 Å². The predicted octanol–water partition coefficient (Wildman–Crippen LogP) is 2.81. The lowest BCUT2D eigenvalue weighted by molar-refractivity contribution is 0.285. The Balaban J connectivity index is 2.27. The van der Waals surface area contributed by atoms with Crippen molar-refractivity contribution in [1.29, 1.82) is 0 Å². The molecule has 8 heteroatoms. The van der Waals surface area contributed by atoms with Crippen LogP contribution in [0.15, 0.2) is 22.7 Å². The van der Waals surface area contributed by atoms with E-state index in [0.717, 1.165) is 16.5 Å². The molecule has 0 aliphatic carbocycles. The van der Waals surface area contributed by atoms with Crippen LogP contribution in [0.1, 0.15) is 18.9 Å². The Hall–Kier alpha value is -1.93. The molecule has 0 atom stereocenters. The Labute approximate surface area is 131 Å². The van der Waals surface area contributed by atoms with Crippen molar-refractivity contribution in [2.75, 3.05) is 12.0 Å². The molecule has 0 radical (unpaired) electrons. The van der Waals surface area contributed by atoms with Crippen molar-refractivity contribution in [2.24, 2.45) is 5.84 Å². The fourth-order valence-electron chi connectivity index (χ4n) is 1.49. The molecule has 0 spiro atoms. The second-order valence-corrected chi connectivity index (χ2v) is 5.14. The summed E-state index contributed by atoms with van der Waals surface area (Å²) in [6.45, 7) is 4.43. The summed E-state index contributed by atoms with van der Waals surface area (Å²) in [5, 5.41) is 0. The molecule has 0 fully saturated rings. The van der Waals surface area contributed by atoms with E-state index in [9.17, 15) is 0 Å². The molecule has 0 saturated heterocycles. The van der Waals surface area contributed by atoms with E-state index < -0.39 is 0 Å². The molecule has 3 N–H and O–H groups in total. The maximum absolute atomic E-state index is 5.69. The van der Waals surface area contributed by atoms with Crippen LogP contribution < -0.4 is 20.7 Å². The van der Waals surface area contributed by atoms with Crippen molar-refractivity contribution in [1.82, 2.24) is 15.0 Å². The first kappa shape index (κ1) is 15.5. The molecule has 0 bridgehead atoms. The first-order chi connectivity index (χ1) is 10.1. The maximum atomic E-state index is 5.69. The number of benzene rings is 1. The number of nitrogens with two attached hydrogens (primary N) is 1. The third-order valence-electron chi connectivity index (χ3n) is 2.51. The second-order valence-electron chi connectivity index (χ2n) is 4.23. The molecule has 7 nitrogen and oxygen atoms in total. The van der Waals surface area contributed by atoms with Crippen LogP contribution >= 0.6 is 15.9 Å². The van der Waals surface area contributed by atoms with Gasteiger partial charge >= 0.3 is 12.0 Å². The smallest absolute Gasteiger partial charge is 0.330 e. The number of anilines is 1. The van der Waals surface area contributed by atoms with Gasteiger partial charge in [-0.1, -0.05) is 28.9 Å². The standard InChI is InChI=1S/C13H16BrN5O2/c1-3-6-20-12-16-11(19-15)17-13(18-12)21-10-7-9(14)5-4-8(10)2/h4-5,7H,3,6,15H2,1-2H3,(H,16,17,18,19). The lowest BCUT2D eigenvalue weighted by Crippen LogP contribution is -2.13. The van der Waals surface area contributed by atoms with Gasteiger partial charge in [0.05, 0.1) is 6.61 Å². The molecule has 2 rings (SSSR count). The van der Waals surface area contributed by atoms with E-state index in [1.165, 1.54) is 0 Å². The predicted molar refractivity (Wildman–Crippen MR) is 82.4 cm³/mol. The fraction of sp³-hybridized carbons (Fsp3) is 0.308. The zero-order chi connectivity index (χ0) is 15.2. The first-order valence-electron chi connectivity index (χ1n) is 6.42. The van der Waals surface area contributed by atoms with Crippen LogP contribution in [0.5, 0.6) is 17.8 Å². The number of aryl methyl sites for hydroxylation is 1. The monoisotopic (exact) mass is 353 g/mol. The topological polar surface area (TPSA) is 95.2 Å². The summed E-state index contributed by atoms with van der Waals surface area (Å²) < 4.78 is 12.0. The molecule has 1 aromatic carbocycles. The minimum atomic E-state index is 0.116. The highest BCUT2D eigenvalue weighted by atomic mass is 79.9. The van der Waals surface area contributed by atoms with Gasteiger partial charge < -0.3 is 9.47 Å². The number of nitrogen functional groups attached to an aromatic ring is 1. The lowest BCUT2D eigenvalue weighted by atomic mass is 10.2. The minimum absolute atomic E-state index is 0.116. The van der Waals surface area contributed by atoms with Gasteiger partial charge in [0.25, 0.3) is 0 Å². The summed E-state index contributed by atoms with van der Waals surface area (Å²) >= 11 is 3.40. The molecule has 0 unspecified atom stereocenters. The van der Waals surface area contributed by atoms with Gasteiger partial charge in [0.15, 0.2) is 0 Å². The molecule has 2 aromatic rings. The van der Waals surface area contributed by atoms with Crippen molar-refractivity contribution >= 4 is 21.9 Å². The Bertz CT molecular complexity index is 624. The van der Waals surface area contributed by atoms with Crippen LogP contribution in [0.25, 0.3) is 0 Å². The summed E-state index contributed by atoms with van der Waals surface area (Å²) in [4.78, 5) is 12.2. The van der Waals surface area contributed by atoms with Crippen LogP contribution in [-0.2, 0) is 0 Å². The van der Waals surface area contributed by atoms with Crippen LogP contribution in [0.3, 0.4) is 0 Å². The van der Waals surface area contributed by atoms with Crippen molar-refractivity contribution in [3.8, 4) is 17.8 Å². The lowest BCUT2D eigenvalue weighted by Gasteiger charge is -2.10. The number of rotatable bonds is 6. The fourth-order valence-corrected chi connectivity index (χ4v) is 1.83. The average molecular weight is 354 g/mol. The second kappa shape index (κ2) is 7.19. The number of aromatic nitrogens is 3. The van der Waals surface area contributed by atoms with Crippen molar-refractivity contribution < 1.29 is 9.47 Å². The van der Waals surface area contributed by atoms with Crippen molar-refractivity contribution in [3.05, 3.63) is 28.2 Å². The summed E-state index contributed by atoms with van der Waals surface area (Å²) in [6.07, 6.45) is 0.845. The highest BCUT2D eigenvalue weighted by molar-refractivity contribution is 9.10. The third-order valence-corrected chi connectivity index (χ3v) is 3.00. The van der Waals surface area contributed by atoms with Gasteiger partial charge in [-0.2, -0.15) is 9.97 Å². The highest BCUT2D eigenvalue weighted by Gasteiger charge is 2.10. The molecule has 0 saturated carbocycles. The van der Waals surface area contributed by atoms with Gasteiger partial charge in [0.2, 0.25) is 5.95 Å². The summed E-state index contributed by atoms with van der Waals surface area (Å²) in [5.74, 6) is 6.16. The Morgan fingerprint density at radius 2 is 2.00 bits per heavy atom. The van der Waals surface area contributed by atoms with E-state index in [0.29, 0.717) is 12.4 Å². The van der Waals surface area contributed by atoms with Gasteiger partial charge in [-0.15, -0.1) is 4.98 Å². The number of ether oxygens (including phenoxy) is 2. The summed E-state index contributed by atoms with van der Waals surface area (Å²) in [6, 6.07) is 5.98. The molecule has 112 valence electrons. The third kappa shape index (κ3) is 4.27. The summed E-state index contributed by atoms with van der Waals surface area (Å²) in [5.41, 5.74) is 3.32. The zero-order valence-corrected chi connectivity index (χ0v) is 13.3. The largest absolute Gasteiger partial charge is 0.463 e. The van der Waals surface area contributed by atoms with Crippen molar-refractivity contribution in [2.45, 2.75) is 20.3 Å². The molecule has 0 aliphatic rings. The van der Waals surface area contributed by atoms with E-state index in [-0.39, 0.29) is 18.0 Å².